The van der Waals surface area contributed by atoms with Gasteiger partial charge in [0.25, 0.3) is 0 Å². The molecule has 0 aliphatic carbocycles. The van der Waals surface area contributed by atoms with Crippen molar-refractivity contribution in [1.29, 1.82) is 0 Å². The maximum absolute atomic E-state index is 5.92. The van der Waals surface area contributed by atoms with Crippen LogP contribution in [0.1, 0.15) is 45.7 Å². The molecule has 1 aromatic carbocycles. The number of hydrogen-bond donors (Lipinski definition) is 1. The van der Waals surface area contributed by atoms with E-state index in [9.17, 15) is 0 Å². The van der Waals surface area contributed by atoms with E-state index in [2.05, 4.69) is 43.0 Å². The fourth-order valence-electron chi connectivity index (χ4n) is 2.21. The summed E-state index contributed by atoms with van der Waals surface area (Å²) in [5.74, 6) is 1.29. The third kappa shape index (κ3) is 5.81. The quantitative estimate of drug-likeness (QED) is 0.344. The zero-order chi connectivity index (χ0) is 18.3. The Morgan fingerprint density at radius 3 is 2.80 bits per heavy atom. The lowest BCUT2D eigenvalue weighted by atomic mass is 9.87. The van der Waals surface area contributed by atoms with Gasteiger partial charge in [-0.3, -0.25) is 0 Å². The SMILES string of the molecule is CC(/C(N)=N/OCCCOc1cccc(C(C)(C)C)c1)n1ccnc1. The Labute approximate surface area is 149 Å². The highest BCUT2D eigenvalue weighted by atomic mass is 16.6. The first kappa shape index (κ1) is 18.8. The number of aromatic nitrogens is 2. The van der Waals surface area contributed by atoms with E-state index < -0.39 is 0 Å². The van der Waals surface area contributed by atoms with Gasteiger partial charge in [0, 0.05) is 18.8 Å². The van der Waals surface area contributed by atoms with Crippen molar-refractivity contribution in [1.82, 2.24) is 9.55 Å². The number of hydrogen-bond acceptors (Lipinski definition) is 4. The highest BCUT2D eigenvalue weighted by Crippen LogP contribution is 2.25. The van der Waals surface area contributed by atoms with Gasteiger partial charge >= 0.3 is 0 Å². The van der Waals surface area contributed by atoms with Crippen LogP contribution in [0.2, 0.25) is 0 Å². The van der Waals surface area contributed by atoms with E-state index in [-0.39, 0.29) is 11.5 Å². The van der Waals surface area contributed by atoms with Crippen molar-refractivity contribution >= 4 is 5.84 Å². The van der Waals surface area contributed by atoms with Crippen molar-refractivity contribution in [3.63, 3.8) is 0 Å². The van der Waals surface area contributed by atoms with Crippen molar-refractivity contribution < 1.29 is 9.57 Å². The zero-order valence-corrected chi connectivity index (χ0v) is 15.5. The molecule has 2 rings (SSSR count). The van der Waals surface area contributed by atoms with Gasteiger partial charge in [0.2, 0.25) is 0 Å². The van der Waals surface area contributed by atoms with Crippen LogP contribution < -0.4 is 10.5 Å². The van der Waals surface area contributed by atoms with Gasteiger partial charge in [0.05, 0.1) is 19.0 Å². The fraction of sp³-hybridized carbons (Fsp3) is 0.474. The molecule has 0 aliphatic rings. The summed E-state index contributed by atoms with van der Waals surface area (Å²) in [6.45, 7) is 9.53. The summed E-state index contributed by atoms with van der Waals surface area (Å²) < 4.78 is 7.65. The molecule has 1 aromatic heterocycles. The third-order valence-electron chi connectivity index (χ3n) is 3.92. The summed E-state index contributed by atoms with van der Waals surface area (Å²) in [7, 11) is 0. The number of imidazole rings is 1. The van der Waals surface area contributed by atoms with Crippen molar-refractivity contribution in [3.05, 3.63) is 48.5 Å². The lowest BCUT2D eigenvalue weighted by Gasteiger charge is -2.19. The molecule has 6 nitrogen and oxygen atoms in total. The van der Waals surface area contributed by atoms with E-state index >= 15 is 0 Å². The summed E-state index contributed by atoms with van der Waals surface area (Å²) in [6, 6.07) is 8.12. The van der Waals surface area contributed by atoms with E-state index in [1.54, 1.807) is 12.5 Å². The average Bonchev–Trinajstić information content (AvgIpc) is 3.11. The van der Waals surface area contributed by atoms with Gasteiger partial charge in [0.15, 0.2) is 5.84 Å². The molecule has 1 heterocycles. The van der Waals surface area contributed by atoms with Crippen molar-refractivity contribution in [3.8, 4) is 5.75 Å². The number of benzene rings is 1. The van der Waals surface area contributed by atoms with Crippen LogP contribution in [-0.4, -0.2) is 28.6 Å². The van der Waals surface area contributed by atoms with Crippen molar-refractivity contribution in [2.75, 3.05) is 13.2 Å². The normalized spacial score (nSPS) is 13.5. The minimum atomic E-state index is -0.0844. The summed E-state index contributed by atoms with van der Waals surface area (Å²) >= 11 is 0. The highest BCUT2D eigenvalue weighted by molar-refractivity contribution is 5.83. The molecule has 0 amide bonds. The molecule has 0 saturated carbocycles. The van der Waals surface area contributed by atoms with Crippen molar-refractivity contribution in [2.24, 2.45) is 10.9 Å². The molecule has 136 valence electrons. The molecule has 1 atom stereocenters. The molecular weight excluding hydrogens is 316 g/mol. The first-order valence-corrected chi connectivity index (χ1v) is 8.54. The van der Waals surface area contributed by atoms with Crippen LogP contribution in [0.15, 0.2) is 48.1 Å². The molecule has 0 bridgehead atoms. The van der Waals surface area contributed by atoms with Gasteiger partial charge in [-0.2, -0.15) is 0 Å². The van der Waals surface area contributed by atoms with Gasteiger partial charge in [-0.1, -0.05) is 38.1 Å². The molecule has 0 aliphatic heterocycles. The molecule has 0 radical (unpaired) electrons. The van der Waals surface area contributed by atoms with E-state index in [0.29, 0.717) is 19.0 Å². The van der Waals surface area contributed by atoms with Gasteiger partial charge < -0.3 is 19.9 Å². The second-order valence-electron chi connectivity index (χ2n) is 7.02. The molecule has 0 saturated heterocycles. The van der Waals surface area contributed by atoms with E-state index in [1.807, 2.05) is 29.8 Å². The minimum Gasteiger partial charge on any atom is -0.493 e. The predicted molar refractivity (Wildman–Crippen MR) is 99.8 cm³/mol. The number of nitrogens with zero attached hydrogens (tertiary/aromatic N) is 3. The molecule has 2 aromatic rings. The maximum atomic E-state index is 5.92. The Bertz CT molecular complexity index is 675. The van der Waals surface area contributed by atoms with Gasteiger partial charge in [-0.25, -0.2) is 4.98 Å². The zero-order valence-electron chi connectivity index (χ0n) is 15.5. The van der Waals surface area contributed by atoms with Gasteiger partial charge in [-0.15, -0.1) is 0 Å². The van der Waals surface area contributed by atoms with Crippen LogP contribution in [0.4, 0.5) is 0 Å². The predicted octanol–water partition coefficient (Wildman–Crippen LogP) is 3.50. The topological polar surface area (TPSA) is 74.7 Å². The molecule has 1 unspecified atom stereocenters. The molecular formula is C19H28N4O2. The van der Waals surface area contributed by atoms with E-state index in [0.717, 1.165) is 12.2 Å². The van der Waals surface area contributed by atoms with Crippen molar-refractivity contribution in [2.45, 2.75) is 45.6 Å². The largest absolute Gasteiger partial charge is 0.493 e. The maximum Gasteiger partial charge on any atom is 0.162 e. The van der Waals surface area contributed by atoms with Crippen LogP contribution in [0.3, 0.4) is 0 Å². The number of amidine groups is 1. The fourth-order valence-corrected chi connectivity index (χ4v) is 2.21. The molecule has 0 spiro atoms. The average molecular weight is 344 g/mol. The molecule has 25 heavy (non-hydrogen) atoms. The second-order valence-corrected chi connectivity index (χ2v) is 7.02. The third-order valence-corrected chi connectivity index (χ3v) is 3.92. The molecule has 2 N–H and O–H groups in total. The number of nitrogens with two attached hydrogens (primary N) is 1. The van der Waals surface area contributed by atoms with E-state index in [1.165, 1.54) is 5.56 Å². The van der Waals surface area contributed by atoms with Crippen LogP contribution >= 0.6 is 0 Å². The van der Waals surface area contributed by atoms with Gasteiger partial charge in [0.1, 0.15) is 12.4 Å². The van der Waals surface area contributed by atoms with Gasteiger partial charge in [-0.05, 0) is 30.0 Å². The Morgan fingerprint density at radius 1 is 1.32 bits per heavy atom. The Hall–Kier alpha value is -2.50. The Balaban J connectivity index is 1.71. The number of ether oxygens (including phenoxy) is 1. The number of rotatable bonds is 8. The number of oxime groups is 1. The lowest BCUT2D eigenvalue weighted by Crippen LogP contribution is -2.24. The van der Waals surface area contributed by atoms with Crippen LogP contribution in [0, 0.1) is 0 Å². The summed E-state index contributed by atoms with van der Waals surface area (Å²) in [5, 5.41) is 3.96. The summed E-state index contributed by atoms with van der Waals surface area (Å²) in [5.41, 5.74) is 7.29. The van der Waals surface area contributed by atoms with Crippen LogP contribution in [0.25, 0.3) is 0 Å². The molecule has 6 heteroatoms. The van der Waals surface area contributed by atoms with Crippen LogP contribution in [-0.2, 0) is 10.3 Å². The standard InChI is InChI=1S/C19H28N4O2/c1-15(23-10-9-21-14-23)18(20)22-25-12-6-11-24-17-8-5-7-16(13-17)19(2,3)4/h5,7-10,13-15H,6,11-12H2,1-4H3,(H2,20,22). The highest BCUT2D eigenvalue weighted by Gasteiger charge is 2.13. The monoisotopic (exact) mass is 344 g/mol. The minimum absolute atomic E-state index is 0.0844. The van der Waals surface area contributed by atoms with E-state index in [4.69, 9.17) is 15.3 Å². The van der Waals surface area contributed by atoms with Crippen LogP contribution in [0.5, 0.6) is 5.75 Å². The Morgan fingerprint density at radius 2 is 2.12 bits per heavy atom. The lowest BCUT2D eigenvalue weighted by molar-refractivity contribution is 0.126. The summed E-state index contributed by atoms with van der Waals surface area (Å²) in [4.78, 5) is 9.27. The smallest absolute Gasteiger partial charge is 0.162 e. The first-order valence-electron chi connectivity index (χ1n) is 8.54. The Kier molecular flexibility index (Phi) is 6.44. The summed E-state index contributed by atoms with van der Waals surface area (Å²) in [6.07, 6.45) is 5.98. The molecule has 0 fully saturated rings. The first-order chi connectivity index (χ1) is 11.9. The second kappa shape index (κ2) is 8.55.